The van der Waals surface area contributed by atoms with Crippen molar-refractivity contribution < 1.29 is 0 Å². The molecule has 1 aromatic carbocycles. The lowest BCUT2D eigenvalue weighted by atomic mass is 9.96. The third kappa shape index (κ3) is 2.56. The van der Waals surface area contributed by atoms with E-state index >= 15 is 0 Å². The Morgan fingerprint density at radius 3 is 2.53 bits per heavy atom. The van der Waals surface area contributed by atoms with Gasteiger partial charge in [0, 0.05) is 24.8 Å². The van der Waals surface area contributed by atoms with Crippen molar-refractivity contribution in [2.24, 2.45) is 7.05 Å². The Labute approximate surface area is 115 Å². The molecule has 0 aliphatic rings. The van der Waals surface area contributed by atoms with Crippen LogP contribution in [0.4, 0.5) is 0 Å². The van der Waals surface area contributed by atoms with E-state index in [4.69, 9.17) is 0 Å². The van der Waals surface area contributed by atoms with Crippen molar-refractivity contribution in [1.29, 1.82) is 0 Å². The number of nitrogens with one attached hydrogen (secondary N) is 1. The summed E-state index contributed by atoms with van der Waals surface area (Å²) in [5.74, 6) is 0. The molecule has 0 amide bonds. The van der Waals surface area contributed by atoms with Crippen LogP contribution in [0.25, 0.3) is 11.1 Å². The molecule has 0 saturated heterocycles. The van der Waals surface area contributed by atoms with Gasteiger partial charge in [-0.15, -0.1) is 0 Å². The van der Waals surface area contributed by atoms with Crippen molar-refractivity contribution in [3.05, 3.63) is 41.2 Å². The topological polar surface area (TPSA) is 29.9 Å². The molecule has 0 spiro atoms. The van der Waals surface area contributed by atoms with Gasteiger partial charge in [-0.1, -0.05) is 38.1 Å². The SMILES string of the molecule is CCc1nn(C)c(CC)c1-c1ccccc1CNC. The Morgan fingerprint density at radius 1 is 1.16 bits per heavy atom. The minimum absolute atomic E-state index is 0.886. The van der Waals surface area contributed by atoms with Gasteiger partial charge in [0.2, 0.25) is 0 Å². The third-order valence-corrected chi connectivity index (χ3v) is 3.56. The van der Waals surface area contributed by atoms with Crippen LogP contribution in [0.3, 0.4) is 0 Å². The summed E-state index contributed by atoms with van der Waals surface area (Å²) in [6.45, 7) is 5.25. The molecular formula is C16H23N3. The van der Waals surface area contributed by atoms with Gasteiger partial charge in [0.05, 0.1) is 5.69 Å². The lowest BCUT2D eigenvalue weighted by molar-refractivity contribution is 0.705. The first-order valence-corrected chi connectivity index (χ1v) is 7.00. The molecular weight excluding hydrogens is 234 g/mol. The van der Waals surface area contributed by atoms with Gasteiger partial charge >= 0.3 is 0 Å². The van der Waals surface area contributed by atoms with Crippen molar-refractivity contribution in [2.45, 2.75) is 33.2 Å². The fraction of sp³-hybridized carbons (Fsp3) is 0.438. The summed E-state index contributed by atoms with van der Waals surface area (Å²) < 4.78 is 2.03. The summed E-state index contributed by atoms with van der Waals surface area (Å²) in [4.78, 5) is 0. The molecule has 3 nitrogen and oxygen atoms in total. The summed E-state index contributed by atoms with van der Waals surface area (Å²) >= 11 is 0. The van der Waals surface area contributed by atoms with Crippen molar-refractivity contribution >= 4 is 0 Å². The van der Waals surface area contributed by atoms with E-state index in [1.54, 1.807) is 0 Å². The summed E-state index contributed by atoms with van der Waals surface area (Å²) in [6.07, 6.45) is 1.98. The molecule has 0 fully saturated rings. The van der Waals surface area contributed by atoms with Gasteiger partial charge in [-0.25, -0.2) is 0 Å². The lowest BCUT2D eigenvalue weighted by Crippen LogP contribution is -2.07. The van der Waals surface area contributed by atoms with E-state index in [9.17, 15) is 0 Å². The van der Waals surface area contributed by atoms with E-state index in [-0.39, 0.29) is 0 Å². The molecule has 3 heteroatoms. The summed E-state index contributed by atoms with van der Waals surface area (Å²) in [5.41, 5.74) is 6.50. The highest BCUT2D eigenvalue weighted by molar-refractivity contribution is 5.72. The predicted molar refractivity (Wildman–Crippen MR) is 80.2 cm³/mol. The smallest absolute Gasteiger partial charge is 0.0703 e. The quantitative estimate of drug-likeness (QED) is 0.892. The molecule has 0 radical (unpaired) electrons. The van der Waals surface area contributed by atoms with E-state index < -0.39 is 0 Å². The van der Waals surface area contributed by atoms with E-state index in [2.05, 4.69) is 48.5 Å². The van der Waals surface area contributed by atoms with Gasteiger partial charge in [-0.05, 0) is 31.0 Å². The molecule has 0 unspecified atom stereocenters. The molecule has 1 N–H and O–H groups in total. The van der Waals surface area contributed by atoms with Crippen LogP contribution in [-0.2, 0) is 26.4 Å². The maximum atomic E-state index is 4.67. The molecule has 1 heterocycles. The van der Waals surface area contributed by atoms with E-state index in [0.29, 0.717) is 0 Å². The Balaban J connectivity index is 2.63. The minimum Gasteiger partial charge on any atom is -0.316 e. The van der Waals surface area contributed by atoms with Crippen molar-refractivity contribution in [3.8, 4) is 11.1 Å². The highest BCUT2D eigenvalue weighted by Crippen LogP contribution is 2.31. The molecule has 0 aliphatic carbocycles. The third-order valence-electron chi connectivity index (χ3n) is 3.56. The Morgan fingerprint density at radius 2 is 1.89 bits per heavy atom. The number of nitrogens with zero attached hydrogens (tertiary/aromatic N) is 2. The maximum Gasteiger partial charge on any atom is 0.0703 e. The first-order chi connectivity index (χ1) is 9.22. The summed E-state index contributed by atoms with van der Waals surface area (Å²) in [5, 5.41) is 7.92. The number of aryl methyl sites for hydroxylation is 2. The average Bonchev–Trinajstić information content (AvgIpc) is 2.75. The van der Waals surface area contributed by atoms with Crippen LogP contribution in [0.1, 0.15) is 30.8 Å². The first-order valence-electron chi connectivity index (χ1n) is 7.00. The monoisotopic (exact) mass is 257 g/mol. The van der Waals surface area contributed by atoms with Crippen molar-refractivity contribution in [2.75, 3.05) is 7.05 Å². The molecule has 19 heavy (non-hydrogen) atoms. The maximum absolute atomic E-state index is 4.67. The number of benzene rings is 1. The van der Waals surface area contributed by atoms with Crippen LogP contribution in [0.2, 0.25) is 0 Å². The van der Waals surface area contributed by atoms with E-state index in [1.807, 2.05) is 18.8 Å². The van der Waals surface area contributed by atoms with Crippen LogP contribution >= 0.6 is 0 Å². The largest absolute Gasteiger partial charge is 0.316 e. The molecule has 0 saturated carbocycles. The molecule has 1 aromatic heterocycles. The van der Waals surface area contributed by atoms with Crippen molar-refractivity contribution in [1.82, 2.24) is 15.1 Å². The number of rotatable bonds is 5. The van der Waals surface area contributed by atoms with E-state index in [0.717, 1.165) is 19.4 Å². The molecule has 2 aromatic rings. The zero-order valence-electron chi connectivity index (χ0n) is 12.3. The van der Waals surface area contributed by atoms with Crippen LogP contribution < -0.4 is 5.32 Å². The molecule has 0 atom stereocenters. The summed E-state index contributed by atoms with van der Waals surface area (Å²) in [6, 6.07) is 8.61. The second kappa shape index (κ2) is 6.02. The number of hydrogen-bond donors (Lipinski definition) is 1. The van der Waals surface area contributed by atoms with Gasteiger partial charge < -0.3 is 5.32 Å². The molecule has 102 valence electrons. The predicted octanol–water partition coefficient (Wildman–Crippen LogP) is 2.93. The second-order valence-electron chi connectivity index (χ2n) is 4.79. The highest BCUT2D eigenvalue weighted by atomic mass is 15.3. The standard InChI is InChI=1S/C16H23N3/c1-5-14-16(15(6-2)19(4)18-14)13-10-8-7-9-12(13)11-17-3/h7-10,17H,5-6,11H2,1-4H3. The lowest BCUT2D eigenvalue weighted by Gasteiger charge is -2.11. The first kappa shape index (κ1) is 13.8. The van der Waals surface area contributed by atoms with Crippen LogP contribution in [-0.4, -0.2) is 16.8 Å². The molecule has 0 aliphatic heterocycles. The number of aromatic nitrogens is 2. The average molecular weight is 257 g/mol. The van der Waals surface area contributed by atoms with Crippen molar-refractivity contribution in [3.63, 3.8) is 0 Å². The Kier molecular flexibility index (Phi) is 4.38. The fourth-order valence-corrected chi connectivity index (χ4v) is 2.69. The zero-order valence-corrected chi connectivity index (χ0v) is 12.3. The van der Waals surface area contributed by atoms with E-state index in [1.165, 1.54) is 28.1 Å². The van der Waals surface area contributed by atoms with Crippen LogP contribution in [0, 0.1) is 0 Å². The van der Waals surface area contributed by atoms with Gasteiger partial charge in [-0.2, -0.15) is 5.10 Å². The second-order valence-corrected chi connectivity index (χ2v) is 4.79. The van der Waals surface area contributed by atoms with Crippen LogP contribution in [0.15, 0.2) is 24.3 Å². The van der Waals surface area contributed by atoms with Crippen LogP contribution in [0.5, 0.6) is 0 Å². The fourth-order valence-electron chi connectivity index (χ4n) is 2.69. The normalized spacial score (nSPS) is 10.9. The molecule has 0 bridgehead atoms. The minimum atomic E-state index is 0.886. The number of hydrogen-bond acceptors (Lipinski definition) is 2. The van der Waals surface area contributed by atoms with Gasteiger partial charge in [0.1, 0.15) is 0 Å². The highest BCUT2D eigenvalue weighted by Gasteiger charge is 2.17. The summed E-state index contributed by atoms with van der Waals surface area (Å²) in [7, 11) is 4.03. The van der Waals surface area contributed by atoms with Gasteiger partial charge in [-0.3, -0.25) is 4.68 Å². The molecule has 2 rings (SSSR count). The van der Waals surface area contributed by atoms with Gasteiger partial charge in [0.25, 0.3) is 0 Å². The zero-order chi connectivity index (χ0) is 13.8. The Bertz CT molecular complexity index is 555. The van der Waals surface area contributed by atoms with Gasteiger partial charge in [0.15, 0.2) is 0 Å². The Hall–Kier alpha value is -1.61.